The van der Waals surface area contributed by atoms with Crippen LogP contribution in [0.1, 0.15) is 23.3 Å². The lowest BCUT2D eigenvalue weighted by atomic mass is 10.1. The molecule has 0 bridgehead atoms. The fourth-order valence-electron chi connectivity index (χ4n) is 2.90. The van der Waals surface area contributed by atoms with Crippen molar-refractivity contribution in [3.63, 3.8) is 0 Å². The molecular weight excluding hydrogens is 338 g/mol. The average Bonchev–Trinajstić information content (AvgIpc) is 3.14. The number of esters is 1. The molecule has 1 saturated heterocycles. The van der Waals surface area contributed by atoms with Gasteiger partial charge in [0.1, 0.15) is 12.0 Å². The third kappa shape index (κ3) is 3.55. The summed E-state index contributed by atoms with van der Waals surface area (Å²) >= 11 is 0. The molecule has 0 radical (unpaired) electrons. The van der Waals surface area contributed by atoms with Gasteiger partial charge in [0.05, 0.1) is 26.8 Å². The van der Waals surface area contributed by atoms with Crippen LogP contribution in [0.3, 0.4) is 0 Å². The van der Waals surface area contributed by atoms with E-state index < -0.39 is 5.97 Å². The minimum atomic E-state index is -0.548. The Morgan fingerprint density at radius 1 is 1.27 bits per heavy atom. The molecule has 1 aliphatic rings. The van der Waals surface area contributed by atoms with E-state index in [2.05, 4.69) is 9.72 Å². The molecule has 2 aromatic rings. The van der Waals surface area contributed by atoms with Crippen LogP contribution in [0.2, 0.25) is 0 Å². The zero-order chi connectivity index (χ0) is 18.7. The van der Waals surface area contributed by atoms with Crippen LogP contribution in [-0.2, 0) is 16.1 Å². The van der Waals surface area contributed by atoms with Gasteiger partial charge in [0.15, 0.2) is 5.69 Å². The van der Waals surface area contributed by atoms with Gasteiger partial charge in [-0.3, -0.25) is 9.69 Å². The molecule has 8 nitrogen and oxygen atoms in total. The van der Waals surface area contributed by atoms with Gasteiger partial charge in [-0.05, 0) is 31.2 Å². The molecule has 0 spiro atoms. The second-order valence-corrected chi connectivity index (χ2v) is 5.95. The monoisotopic (exact) mass is 359 g/mol. The van der Waals surface area contributed by atoms with Gasteiger partial charge in [-0.25, -0.2) is 9.78 Å². The maximum absolute atomic E-state index is 12.8. The fourth-order valence-corrected chi connectivity index (χ4v) is 2.90. The van der Waals surface area contributed by atoms with E-state index >= 15 is 0 Å². The molecule has 2 heterocycles. The van der Waals surface area contributed by atoms with Crippen molar-refractivity contribution >= 4 is 17.6 Å². The van der Waals surface area contributed by atoms with Gasteiger partial charge in [0, 0.05) is 18.8 Å². The summed E-state index contributed by atoms with van der Waals surface area (Å²) in [4.78, 5) is 32.1. The number of piperazine rings is 1. The molecule has 0 N–H and O–H groups in total. The normalized spacial score (nSPS) is 18.0. The Labute approximate surface area is 151 Å². The zero-order valence-corrected chi connectivity index (χ0v) is 15.0. The molecule has 8 heteroatoms. The summed E-state index contributed by atoms with van der Waals surface area (Å²) in [6.07, 6.45) is 1.27. The molecule has 1 amide bonds. The van der Waals surface area contributed by atoms with E-state index in [9.17, 15) is 9.59 Å². The van der Waals surface area contributed by atoms with E-state index in [0.29, 0.717) is 25.5 Å². The van der Waals surface area contributed by atoms with Crippen LogP contribution >= 0.6 is 0 Å². The van der Waals surface area contributed by atoms with Gasteiger partial charge in [-0.2, -0.15) is 0 Å². The molecule has 138 valence electrons. The van der Waals surface area contributed by atoms with Crippen LogP contribution in [0.5, 0.6) is 5.75 Å². The fraction of sp³-hybridized carbons (Fsp3) is 0.389. The highest BCUT2D eigenvalue weighted by Gasteiger charge is 2.33. The second-order valence-electron chi connectivity index (χ2n) is 5.95. The highest BCUT2D eigenvalue weighted by atomic mass is 16.5. The second kappa shape index (κ2) is 7.57. The van der Waals surface area contributed by atoms with Crippen LogP contribution in [-0.4, -0.2) is 55.1 Å². The number of rotatable bonds is 5. The number of carbonyl (C=O) groups excluding carboxylic acids is 2. The van der Waals surface area contributed by atoms with Crippen LogP contribution in [0.25, 0.3) is 0 Å². The van der Waals surface area contributed by atoms with Gasteiger partial charge < -0.3 is 18.8 Å². The van der Waals surface area contributed by atoms with Crippen LogP contribution in [0.15, 0.2) is 34.9 Å². The Balaban J connectivity index is 1.67. The molecule has 1 atom stereocenters. The van der Waals surface area contributed by atoms with E-state index in [1.54, 1.807) is 12.0 Å². The molecule has 0 saturated carbocycles. The Kier molecular flexibility index (Phi) is 5.22. The highest BCUT2D eigenvalue weighted by molar-refractivity contribution is 5.97. The first kappa shape index (κ1) is 17.9. The largest absolute Gasteiger partial charge is 0.497 e. The van der Waals surface area contributed by atoms with Crippen molar-refractivity contribution in [2.45, 2.75) is 19.5 Å². The van der Waals surface area contributed by atoms with E-state index in [4.69, 9.17) is 9.15 Å². The lowest BCUT2D eigenvalue weighted by molar-refractivity contribution is -0.125. The summed E-state index contributed by atoms with van der Waals surface area (Å²) in [7, 11) is 2.89. The Morgan fingerprint density at radius 3 is 2.65 bits per heavy atom. The minimum absolute atomic E-state index is 0.00108. The summed E-state index contributed by atoms with van der Waals surface area (Å²) in [5.74, 6) is 0.579. The predicted molar refractivity (Wildman–Crippen MR) is 93.1 cm³/mol. The minimum Gasteiger partial charge on any atom is -0.497 e. The standard InChI is InChI=1S/C18H21N3O5/c1-12-17(22)21(13-4-6-14(24-2)7-5-13)9-8-20(12)10-16-19-15(11-26-16)18(23)25-3/h4-7,11-12H,8-10H2,1-3H3/t12-/m0/s1. The Morgan fingerprint density at radius 2 is 2.00 bits per heavy atom. The summed E-state index contributed by atoms with van der Waals surface area (Å²) in [5, 5.41) is 0. The number of carbonyl (C=O) groups is 2. The van der Waals surface area contributed by atoms with E-state index in [-0.39, 0.29) is 17.6 Å². The number of amides is 1. The van der Waals surface area contributed by atoms with Crippen molar-refractivity contribution in [2.24, 2.45) is 0 Å². The first-order valence-corrected chi connectivity index (χ1v) is 8.25. The third-order valence-electron chi connectivity index (χ3n) is 4.45. The highest BCUT2D eigenvalue weighted by Crippen LogP contribution is 2.24. The number of nitrogens with zero attached hydrogens (tertiary/aromatic N) is 3. The van der Waals surface area contributed by atoms with Gasteiger partial charge in [0.2, 0.25) is 11.8 Å². The van der Waals surface area contributed by atoms with Crippen LogP contribution < -0.4 is 9.64 Å². The number of methoxy groups -OCH3 is 2. The number of hydrogen-bond acceptors (Lipinski definition) is 7. The summed E-state index contributed by atoms with van der Waals surface area (Å²) in [5.41, 5.74) is 0.963. The third-order valence-corrected chi connectivity index (χ3v) is 4.45. The number of aromatic nitrogens is 1. The van der Waals surface area contributed by atoms with Crippen molar-refractivity contribution < 1.29 is 23.5 Å². The van der Waals surface area contributed by atoms with Gasteiger partial charge in [-0.15, -0.1) is 0 Å². The van der Waals surface area contributed by atoms with Crippen molar-refractivity contribution in [1.82, 2.24) is 9.88 Å². The predicted octanol–water partition coefficient (Wildman–Crippen LogP) is 1.71. The van der Waals surface area contributed by atoms with Crippen LogP contribution in [0.4, 0.5) is 5.69 Å². The number of oxazole rings is 1. The van der Waals surface area contributed by atoms with Gasteiger partial charge in [-0.1, -0.05) is 0 Å². The number of hydrogen-bond donors (Lipinski definition) is 0. The molecule has 1 fully saturated rings. The first-order chi connectivity index (χ1) is 12.5. The SMILES string of the molecule is COC(=O)c1coc(CN2CCN(c3ccc(OC)cc3)C(=O)[C@@H]2C)n1. The zero-order valence-electron chi connectivity index (χ0n) is 15.0. The van der Waals surface area contributed by atoms with E-state index in [1.165, 1.54) is 13.4 Å². The summed E-state index contributed by atoms with van der Waals surface area (Å²) in [6, 6.07) is 7.08. The van der Waals surface area contributed by atoms with E-state index in [1.807, 2.05) is 36.1 Å². The first-order valence-electron chi connectivity index (χ1n) is 8.25. The molecule has 1 aromatic heterocycles. The molecule has 1 aliphatic heterocycles. The Bertz CT molecular complexity index is 786. The molecule has 1 aromatic carbocycles. The molecule has 0 unspecified atom stereocenters. The number of ether oxygens (including phenoxy) is 2. The lowest BCUT2D eigenvalue weighted by Gasteiger charge is -2.38. The average molecular weight is 359 g/mol. The quantitative estimate of drug-likeness (QED) is 0.751. The topological polar surface area (TPSA) is 85.1 Å². The summed E-state index contributed by atoms with van der Waals surface area (Å²) in [6.45, 7) is 3.41. The maximum atomic E-state index is 12.8. The van der Waals surface area contributed by atoms with Gasteiger partial charge in [0.25, 0.3) is 0 Å². The van der Waals surface area contributed by atoms with Gasteiger partial charge >= 0.3 is 5.97 Å². The van der Waals surface area contributed by atoms with E-state index in [0.717, 1.165) is 11.4 Å². The molecule has 3 rings (SSSR count). The number of benzene rings is 1. The van der Waals surface area contributed by atoms with Crippen molar-refractivity contribution in [3.05, 3.63) is 42.1 Å². The Hall–Kier alpha value is -2.87. The number of anilines is 1. The summed E-state index contributed by atoms with van der Waals surface area (Å²) < 4.78 is 15.1. The van der Waals surface area contributed by atoms with Crippen molar-refractivity contribution in [3.8, 4) is 5.75 Å². The maximum Gasteiger partial charge on any atom is 0.360 e. The molecule has 26 heavy (non-hydrogen) atoms. The van der Waals surface area contributed by atoms with Crippen molar-refractivity contribution in [2.75, 3.05) is 32.2 Å². The van der Waals surface area contributed by atoms with Crippen LogP contribution in [0, 0.1) is 0 Å². The lowest BCUT2D eigenvalue weighted by Crippen LogP contribution is -2.55. The molecule has 0 aliphatic carbocycles. The molecular formula is C18H21N3O5. The van der Waals surface area contributed by atoms with Crippen molar-refractivity contribution in [1.29, 1.82) is 0 Å². The smallest absolute Gasteiger partial charge is 0.360 e.